The Balaban J connectivity index is 1.63. The van der Waals surface area contributed by atoms with E-state index in [2.05, 4.69) is 27.2 Å². The van der Waals surface area contributed by atoms with Crippen LogP contribution in [0.3, 0.4) is 0 Å². The minimum absolute atomic E-state index is 0.00723. The maximum atomic E-state index is 12.4. The molecule has 0 bridgehead atoms. The van der Waals surface area contributed by atoms with Crippen molar-refractivity contribution in [2.45, 2.75) is 57.1 Å². The molecule has 0 radical (unpaired) electrons. The van der Waals surface area contributed by atoms with Gasteiger partial charge in [-0.25, -0.2) is 9.67 Å². The highest BCUT2D eigenvalue weighted by Gasteiger charge is 2.36. The van der Waals surface area contributed by atoms with E-state index in [0.29, 0.717) is 49.2 Å². The van der Waals surface area contributed by atoms with Crippen molar-refractivity contribution in [2.75, 3.05) is 13.6 Å². The second kappa shape index (κ2) is 9.88. The molecule has 0 aromatic carbocycles. The zero-order chi connectivity index (χ0) is 25.2. The summed E-state index contributed by atoms with van der Waals surface area (Å²) in [6, 6.07) is 3.13. The van der Waals surface area contributed by atoms with Gasteiger partial charge in [-0.3, -0.25) is 14.4 Å². The van der Waals surface area contributed by atoms with Crippen LogP contribution in [0, 0.1) is 17.8 Å². The first-order valence-corrected chi connectivity index (χ1v) is 11.8. The Morgan fingerprint density at radius 1 is 1.40 bits per heavy atom. The van der Waals surface area contributed by atoms with E-state index in [0.717, 1.165) is 25.0 Å². The molecule has 0 saturated heterocycles. The molecule has 1 unspecified atom stereocenters. The van der Waals surface area contributed by atoms with Crippen LogP contribution in [0.2, 0.25) is 0 Å². The lowest BCUT2D eigenvalue weighted by Crippen LogP contribution is -2.33. The normalized spacial score (nSPS) is 18.4. The van der Waals surface area contributed by atoms with Gasteiger partial charge in [0.25, 0.3) is 5.91 Å². The van der Waals surface area contributed by atoms with Crippen molar-refractivity contribution in [3.05, 3.63) is 40.8 Å². The van der Waals surface area contributed by atoms with Crippen molar-refractivity contribution in [3.8, 4) is 17.7 Å². The summed E-state index contributed by atoms with van der Waals surface area (Å²) in [7, 11) is 1.64. The molecule has 2 aromatic rings. The van der Waals surface area contributed by atoms with Gasteiger partial charge in [-0.05, 0) is 51.2 Å². The number of fused-ring (bicyclic) bond motifs is 1. The summed E-state index contributed by atoms with van der Waals surface area (Å²) in [5.41, 5.74) is 6.59. The van der Waals surface area contributed by atoms with Gasteiger partial charge in [-0.15, -0.1) is 0 Å². The molecule has 0 spiro atoms. The topological polar surface area (TPSA) is 143 Å². The third-order valence-electron chi connectivity index (χ3n) is 6.34. The number of pyridine rings is 1. The van der Waals surface area contributed by atoms with Gasteiger partial charge in [-0.1, -0.05) is 11.8 Å². The zero-order valence-corrected chi connectivity index (χ0v) is 20.0. The van der Waals surface area contributed by atoms with E-state index >= 15 is 0 Å². The maximum Gasteiger partial charge on any atom is 0.269 e. The molecule has 2 aromatic heterocycles. The average Bonchev–Trinajstić information content (AvgIpc) is 3.61. The Morgan fingerprint density at radius 2 is 2.17 bits per heavy atom. The minimum atomic E-state index is -1.28. The molecule has 4 N–H and O–H groups in total. The van der Waals surface area contributed by atoms with E-state index in [1.54, 1.807) is 37.0 Å². The molecule has 1 fully saturated rings. The van der Waals surface area contributed by atoms with E-state index in [1.165, 1.54) is 4.90 Å². The molecule has 2 heterocycles. The van der Waals surface area contributed by atoms with Crippen LogP contribution >= 0.6 is 0 Å². The van der Waals surface area contributed by atoms with Gasteiger partial charge < -0.3 is 21.1 Å². The number of nitrogens with two attached hydrogens (primary N) is 1. The number of rotatable bonds is 8. The number of carbonyl (C=O) groups is 3. The smallest absolute Gasteiger partial charge is 0.269 e. The Hall–Kier alpha value is -3.71. The summed E-state index contributed by atoms with van der Waals surface area (Å²) in [4.78, 5) is 41.3. The summed E-state index contributed by atoms with van der Waals surface area (Å²) < 4.78 is 1.60. The predicted molar refractivity (Wildman–Crippen MR) is 127 cm³/mol. The summed E-state index contributed by atoms with van der Waals surface area (Å²) in [6.45, 7) is 1.97. The van der Waals surface area contributed by atoms with Gasteiger partial charge in [-0.2, -0.15) is 5.10 Å². The highest BCUT2D eigenvalue weighted by Crippen LogP contribution is 2.36. The van der Waals surface area contributed by atoms with Gasteiger partial charge >= 0.3 is 0 Å². The lowest BCUT2D eigenvalue weighted by Gasteiger charge is -2.24. The highest BCUT2D eigenvalue weighted by molar-refractivity contribution is 5.93. The first-order valence-electron chi connectivity index (χ1n) is 11.8. The molecule has 35 heavy (non-hydrogen) atoms. The molecule has 10 heteroatoms. The van der Waals surface area contributed by atoms with E-state index < -0.39 is 11.5 Å². The number of nitrogens with zero attached hydrogens (tertiary/aromatic N) is 4. The number of hydrogen-bond acceptors (Lipinski definition) is 6. The van der Waals surface area contributed by atoms with E-state index in [9.17, 15) is 19.5 Å². The third kappa shape index (κ3) is 5.69. The number of hydrogen-bond donors (Lipinski definition) is 3. The predicted octanol–water partition coefficient (Wildman–Crippen LogP) is 0.851. The molecular weight excluding hydrogens is 448 g/mol. The van der Waals surface area contributed by atoms with Gasteiger partial charge in [0.1, 0.15) is 5.60 Å². The second-order valence-electron chi connectivity index (χ2n) is 9.48. The van der Waals surface area contributed by atoms with Gasteiger partial charge in [0, 0.05) is 43.3 Å². The standard InChI is InChI=1S/C25H30N6O4/c1-25(35,11-13-30(2)15-32)10-8-16-9-12-27-20(14-16)31-19-5-3-4-18(28-24(34)17-6-7-17)21(19)22(29-31)23(26)33/h9,12,14-15,17-18,35H,3-7,11,13H2,1-2H3,(H2,26,33)(H,28,34)/t18?,25-/m0/s1. The summed E-state index contributed by atoms with van der Waals surface area (Å²) in [6.07, 6.45) is 6.58. The van der Waals surface area contributed by atoms with Crippen LogP contribution < -0.4 is 11.1 Å². The Kier molecular flexibility index (Phi) is 6.89. The zero-order valence-electron chi connectivity index (χ0n) is 20.0. The first-order chi connectivity index (χ1) is 16.7. The number of aliphatic hydroxyl groups is 1. The molecule has 4 rings (SSSR count). The van der Waals surface area contributed by atoms with Crippen molar-refractivity contribution in [1.82, 2.24) is 25.0 Å². The summed E-state index contributed by atoms with van der Waals surface area (Å²) in [5.74, 6) is 5.69. The number of amides is 3. The Bertz CT molecular complexity index is 1200. The number of primary amides is 1. The minimum Gasteiger partial charge on any atom is -0.378 e. The van der Waals surface area contributed by atoms with Crippen LogP contribution in [0.25, 0.3) is 5.82 Å². The SMILES string of the molecule is CN(C=O)CC[C@@](C)(O)C#Cc1ccnc(-n2nc(C(N)=O)c3c2CCCC3NC(=O)C2CC2)c1. The molecule has 1 saturated carbocycles. The van der Waals surface area contributed by atoms with Crippen LogP contribution in [0.15, 0.2) is 18.3 Å². The fraction of sp³-hybridized carbons (Fsp3) is 0.480. The van der Waals surface area contributed by atoms with E-state index in [-0.39, 0.29) is 23.6 Å². The van der Waals surface area contributed by atoms with Crippen molar-refractivity contribution in [3.63, 3.8) is 0 Å². The lowest BCUT2D eigenvalue weighted by molar-refractivity contribution is -0.123. The van der Waals surface area contributed by atoms with Crippen molar-refractivity contribution < 1.29 is 19.5 Å². The molecule has 184 valence electrons. The van der Waals surface area contributed by atoms with Crippen molar-refractivity contribution in [2.24, 2.45) is 11.7 Å². The van der Waals surface area contributed by atoms with Gasteiger partial charge in [0.05, 0.1) is 11.7 Å². The fourth-order valence-electron chi connectivity index (χ4n) is 4.17. The molecule has 2 atom stereocenters. The molecule has 0 aliphatic heterocycles. The average molecular weight is 479 g/mol. The Morgan fingerprint density at radius 3 is 2.86 bits per heavy atom. The van der Waals surface area contributed by atoms with Gasteiger partial charge in [0.15, 0.2) is 11.5 Å². The monoisotopic (exact) mass is 478 g/mol. The summed E-state index contributed by atoms with van der Waals surface area (Å²) in [5, 5.41) is 18.1. The van der Waals surface area contributed by atoms with Gasteiger partial charge in [0.2, 0.25) is 12.3 Å². The third-order valence-corrected chi connectivity index (χ3v) is 6.34. The second-order valence-corrected chi connectivity index (χ2v) is 9.48. The van der Waals surface area contributed by atoms with Crippen LogP contribution in [0.1, 0.15) is 72.4 Å². The highest BCUT2D eigenvalue weighted by atomic mass is 16.3. The maximum absolute atomic E-state index is 12.4. The van der Waals surface area contributed by atoms with Crippen LogP contribution in [-0.2, 0) is 16.0 Å². The van der Waals surface area contributed by atoms with Crippen molar-refractivity contribution in [1.29, 1.82) is 0 Å². The first kappa shape index (κ1) is 24.4. The molecule has 2 aliphatic carbocycles. The molecule has 2 aliphatic rings. The quantitative estimate of drug-likeness (QED) is 0.379. The number of aromatic nitrogens is 3. The lowest BCUT2D eigenvalue weighted by atomic mass is 9.90. The van der Waals surface area contributed by atoms with E-state index in [1.807, 2.05) is 0 Å². The van der Waals surface area contributed by atoms with Crippen LogP contribution in [0.4, 0.5) is 0 Å². The molecule has 10 nitrogen and oxygen atoms in total. The largest absolute Gasteiger partial charge is 0.378 e. The van der Waals surface area contributed by atoms with Crippen LogP contribution in [-0.4, -0.2) is 62.2 Å². The Labute approximate surface area is 203 Å². The number of nitrogens with one attached hydrogen (secondary N) is 1. The number of carbonyl (C=O) groups excluding carboxylic acids is 3. The van der Waals surface area contributed by atoms with E-state index in [4.69, 9.17) is 5.73 Å². The fourth-order valence-corrected chi connectivity index (χ4v) is 4.17. The summed E-state index contributed by atoms with van der Waals surface area (Å²) >= 11 is 0. The van der Waals surface area contributed by atoms with Crippen molar-refractivity contribution >= 4 is 18.2 Å². The van der Waals surface area contributed by atoms with Crippen LogP contribution in [0.5, 0.6) is 0 Å². The molecular formula is C25H30N6O4. The molecule has 3 amide bonds.